The van der Waals surface area contributed by atoms with Crippen molar-refractivity contribution in [3.8, 4) is 17.0 Å². The van der Waals surface area contributed by atoms with Crippen LogP contribution in [0.15, 0.2) is 42.5 Å². The summed E-state index contributed by atoms with van der Waals surface area (Å²) in [6.45, 7) is 3.85. The maximum atomic E-state index is 13.8. The molecule has 1 aromatic heterocycles. The lowest BCUT2D eigenvalue weighted by Crippen LogP contribution is -2.32. The van der Waals surface area contributed by atoms with Crippen molar-refractivity contribution >= 4 is 28.4 Å². The molecular weight excluding hydrogens is 453 g/mol. The number of ether oxygens (including phenoxy) is 1. The summed E-state index contributed by atoms with van der Waals surface area (Å²) in [5, 5.41) is 3.86. The summed E-state index contributed by atoms with van der Waals surface area (Å²) in [4.78, 5) is 19.9. The van der Waals surface area contributed by atoms with E-state index >= 15 is 0 Å². The average molecular weight is 482 g/mol. The van der Waals surface area contributed by atoms with Crippen LogP contribution < -0.4 is 10.1 Å². The molecule has 3 heterocycles. The van der Waals surface area contributed by atoms with Crippen LogP contribution in [-0.2, 0) is 11.2 Å². The van der Waals surface area contributed by atoms with Crippen molar-refractivity contribution in [2.75, 3.05) is 7.05 Å². The number of likely N-dealkylation sites (N-methyl/N-ethyl adjacent to an activating group) is 1. The van der Waals surface area contributed by atoms with Gasteiger partial charge in [-0.25, -0.2) is 9.37 Å². The molecule has 0 aliphatic carbocycles. The van der Waals surface area contributed by atoms with Gasteiger partial charge in [0.1, 0.15) is 17.7 Å². The normalized spacial score (nSPS) is 22.0. The topological polar surface area (TPSA) is 54.5 Å². The molecule has 7 heteroatoms. The smallest absolute Gasteiger partial charge is 0.224 e. The van der Waals surface area contributed by atoms with Gasteiger partial charge in [-0.2, -0.15) is 0 Å². The molecule has 34 heavy (non-hydrogen) atoms. The summed E-state index contributed by atoms with van der Waals surface area (Å²) in [5.74, 6) is 0.233. The molecule has 2 aliphatic rings. The summed E-state index contributed by atoms with van der Waals surface area (Å²) in [6, 6.07) is 13.5. The third-order valence-corrected chi connectivity index (χ3v) is 7.26. The van der Waals surface area contributed by atoms with Gasteiger partial charge in [0, 0.05) is 35.5 Å². The van der Waals surface area contributed by atoms with E-state index in [0.717, 1.165) is 28.6 Å². The molecule has 2 saturated heterocycles. The Morgan fingerprint density at radius 1 is 1.24 bits per heavy atom. The van der Waals surface area contributed by atoms with Gasteiger partial charge in [0.2, 0.25) is 5.91 Å². The fraction of sp³-hybridized carbons (Fsp3) is 0.407. The number of amides is 1. The molecule has 1 N–H and O–H groups in total. The quantitative estimate of drug-likeness (QED) is 0.514. The molecule has 2 aliphatic heterocycles. The second-order valence-corrected chi connectivity index (χ2v) is 10.1. The molecule has 5 rings (SSSR count). The third kappa shape index (κ3) is 4.49. The Hall–Kier alpha value is -2.70. The van der Waals surface area contributed by atoms with Crippen molar-refractivity contribution < 1.29 is 13.9 Å². The first kappa shape index (κ1) is 23.1. The van der Waals surface area contributed by atoms with Gasteiger partial charge in [0.05, 0.1) is 22.7 Å². The van der Waals surface area contributed by atoms with Crippen molar-refractivity contribution in [1.82, 2.24) is 15.2 Å². The molecule has 3 atom stereocenters. The second kappa shape index (κ2) is 9.16. The maximum absolute atomic E-state index is 13.8. The Kier molecular flexibility index (Phi) is 6.21. The Morgan fingerprint density at radius 2 is 2.06 bits per heavy atom. The number of nitrogens with one attached hydrogen (secondary N) is 1. The summed E-state index contributed by atoms with van der Waals surface area (Å²) in [7, 11) is 2.19. The van der Waals surface area contributed by atoms with E-state index < -0.39 is 5.82 Å². The minimum absolute atomic E-state index is 0.0246. The van der Waals surface area contributed by atoms with Crippen LogP contribution in [0, 0.1) is 5.82 Å². The van der Waals surface area contributed by atoms with Crippen LogP contribution in [0.2, 0.25) is 5.02 Å². The average Bonchev–Trinajstić information content (AvgIpc) is 3.28. The van der Waals surface area contributed by atoms with Gasteiger partial charge in [-0.3, -0.25) is 9.69 Å². The van der Waals surface area contributed by atoms with Crippen molar-refractivity contribution in [3.63, 3.8) is 0 Å². The number of aromatic nitrogens is 1. The highest BCUT2D eigenvalue weighted by Crippen LogP contribution is 2.39. The van der Waals surface area contributed by atoms with E-state index in [1.165, 1.54) is 18.9 Å². The number of hydrogen-bond donors (Lipinski definition) is 1. The number of carbonyl (C=O) groups excluding carboxylic acids is 1. The Balaban J connectivity index is 1.50. The van der Waals surface area contributed by atoms with Crippen molar-refractivity contribution in [1.29, 1.82) is 0 Å². The van der Waals surface area contributed by atoms with Crippen LogP contribution in [0.5, 0.6) is 5.75 Å². The molecule has 178 valence electrons. The Labute approximate surface area is 204 Å². The SMILES string of the molecule is CC(C)NC(=O)Cc1cc2cc(O[C@H]3CC4CCC3N4C)ccc2nc1-c1ccc(F)c(Cl)c1. The largest absolute Gasteiger partial charge is 0.489 e. The molecule has 0 spiro atoms. The minimum atomic E-state index is -0.488. The van der Waals surface area contributed by atoms with Gasteiger partial charge in [-0.05, 0) is 81.8 Å². The van der Waals surface area contributed by atoms with Gasteiger partial charge in [0.15, 0.2) is 0 Å². The van der Waals surface area contributed by atoms with Crippen LogP contribution in [-0.4, -0.2) is 47.1 Å². The van der Waals surface area contributed by atoms with Crippen LogP contribution in [0.4, 0.5) is 4.39 Å². The number of carbonyl (C=O) groups is 1. The molecule has 1 amide bonds. The van der Waals surface area contributed by atoms with E-state index in [2.05, 4.69) is 17.3 Å². The zero-order chi connectivity index (χ0) is 24.0. The molecule has 0 radical (unpaired) electrons. The first-order chi connectivity index (χ1) is 16.3. The van der Waals surface area contributed by atoms with Crippen molar-refractivity contribution in [2.45, 2.75) is 63.8 Å². The molecule has 3 aromatic rings. The first-order valence-corrected chi connectivity index (χ1v) is 12.2. The zero-order valence-corrected chi connectivity index (χ0v) is 20.4. The lowest BCUT2D eigenvalue weighted by molar-refractivity contribution is -0.120. The summed E-state index contributed by atoms with van der Waals surface area (Å²) in [6.07, 6.45) is 3.85. The molecule has 2 fully saturated rings. The fourth-order valence-electron chi connectivity index (χ4n) is 5.35. The van der Waals surface area contributed by atoms with Crippen molar-refractivity contribution in [2.24, 2.45) is 0 Å². The van der Waals surface area contributed by atoms with Crippen LogP contribution in [0.1, 0.15) is 38.7 Å². The number of benzene rings is 2. The molecule has 2 aromatic carbocycles. The van der Waals surface area contributed by atoms with Gasteiger partial charge in [-0.15, -0.1) is 0 Å². The third-order valence-electron chi connectivity index (χ3n) is 6.97. The van der Waals surface area contributed by atoms with E-state index in [4.69, 9.17) is 21.3 Å². The molecule has 2 bridgehead atoms. The molecule has 2 unspecified atom stereocenters. The van der Waals surface area contributed by atoms with Gasteiger partial charge >= 0.3 is 0 Å². The predicted molar refractivity (Wildman–Crippen MR) is 133 cm³/mol. The standard InChI is InChI=1S/C27H29ClFN3O2/c1-15(2)30-26(33)13-18-10-17-11-20(34-25-14-19-5-9-24(25)32(19)3)6-8-23(17)31-27(18)16-4-7-22(29)21(28)12-16/h4,6-8,10-12,15,19,24-25H,5,9,13-14H2,1-3H3,(H,30,33)/t19?,24?,25-/m0/s1. The molecule has 5 nitrogen and oxygen atoms in total. The Morgan fingerprint density at radius 3 is 2.74 bits per heavy atom. The van der Waals surface area contributed by atoms with E-state index in [1.54, 1.807) is 12.1 Å². The van der Waals surface area contributed by atoms with Crippen LogP contribution in [0.25, 0.3) is 22.2 Å². The molecular formula is C27H29ClFN3O2. The summed E-state index contributed by atoms with van der Waals surface area (Å²) >= 11 is 6.05. The number of halogens is 2. The molecule has 0 saturated carbocycles. The summed E-state index contributed by atoms with van der Waals surface area (Å²) in [5.41, 5.74) is 2.83. The number of rotatable bonds is 6. The van der Waals surface area contributed by atoms with E-state index in [1.807, 2.05) is 38.1 Å². The van der Waals surface area contributed by atoms with E-state index in [9.17, 15) is 9.18 Å². The lowest BCUT2D eigenvalue weighted by atomic mass is 9.97. The predicted octanol–water partition coefficient (Wildman–Crippen LogP) is 5.38. The monoisotopic (exact) mass is 481 g/mol. The highest BCUT2D eigenvalue weighted by atomic mass is 35.5. The number of nitrogens with zero attached hydrogens (tertiary/aromatic N) is 2. The lowest BCUT2D eigenvalue weighted by Gasteiger charge is -2.23. The van der Waals surface area contributed by atoms with E-state index in [0.29, 0.717) is 23.3 Å². The highest BCUT2D eigenvalue weighted by Gasteiger charge is 2.45. The van der Waals surface area contributed by atoms with E-state index in [-0.39, 0.29) is 29.5 Å². The van der Waals surface area contributed by atoms with Gasteiger partial charge in [-0.1, -0.05) is 11.6 Å². The minimum Gasteiger partial charge on any atom is -0.489 e. The number of fused-ring (bicyclic) bond motifs is 3. The maximum Gasteiger partial charge on any atom is 0.224 e. The number of hydrogen-bond acceptors (Lipinski definition) is 4. The fourth-order valence-corrected chi connectivity index (χ4v) is 5.53. The first-order valence-electron chi connectivity index (χ1n) is 11.9. The highest BCUT2D eigenvalue weighted by molar-refractivity contribution is 6.31. The Bertz CT molecular complexity index is 1250. The van der Waals surface area contributed by atoms with Crippen LogP contribution >= 0.6 is 11.6 Å². The van der Waals surface area contributed by atoms with Gasteiger partial charge in [0.25, 0.3) is 0 Å². The van der Waals surface area contributed by atoms with Crippen LogP contribution in [0.3, 0.4) is 0 Å². The van der Waals surface area contributed by atoms with Gasteiger partial charge < -0.3 is 10.1 Å². The van der Waals surface area contributed by atoms with Crippen molar-refractivity contribution in [3.05, 3.63) is 58.9 Å². The zero-order valence-electron chi connectivity index (χ0n) is 19.6. The second-order valence-electron chi connectivity index (χ2n) is 9.73. The number of pyridine rings is 1. The summed E-state index contributed by atoms with van der Waals surface area (Å²) < 4.78 is 20.2.